The van der Waals surface area contributed by atoms with Crippen LogP contribution in [0, 0.1) is 0 Å². The second kappa shape index (κ2) is 8.00. The number of guanidine groups is 1. The van der Waals surface area contributed by atoms with Crippen LogP contribution >= 0.6 is 0 Å². The molecule has 4 aliphatic heterocycles. The third kappa shape index (κ3) is 4.42. The van der Waals surface area contributed by atoms with E-state index in [4.69, 9.17) is 5.73 Å². The maximum absolute atomic E-state index is 11.6. The summed E-state index contributed by atoms with van der Waals surface area (Å²) < 4.78 is 0. The van der Waals surface area contributed by atoms with Crippen LogP contribution in [-0.2, 0) is 0 Å². The van der Waals surface area contributed by atoms with Crippen molar-refractivity contribution >= 4 is 24.2 Å². The topological polar surface area (TPSA) is 105 Å². The summed E-state index contributed by atoms with van der Waals surface area (Å²) in [6.45, 7) is 14.5. The summed E-state index contributed by atoms with van der Waals surface area (Å²) in [6, 6.07) is -0.115. The lowest BCUT2D eigenvalue weighted by Crippen LogP contribution is -2.55. The molecule has 0 radical (unpaired) electrons. The van der Waals surface area contributed by atoms with Crippen LogP contribution in [0.25, 0.3) is 0 Å². The van der Waals surface area contributed by atoms with Crippen molar-refractivity contribution in [1.29, 1.82) is 0 Å². The first-order valence-corrected chi connectivity index (χ1v) is 9.60. The number of fused-ring (bicyclic) bond motifs is 2. The molecular formula is C20H35N9O. The first kappa shape index (κ1) is 23.2. The molecule has 0 bridgehead atoms. The van der Waals surface area contributed by atoms with Gasteiger partial charge in [0, 0.05) is 35.9 Å². The summed E-state index contributed by atoms with van der Waals surface area (Å²) in [6.07, 6.45) is 8.81. The van der Waals surface area contributed by atoms with E-state index in [1.807, 2.05) is 23.5 Å². The molecule has 0 spiro atoms. The highest BCUT2D eigenvalue weighted by Gasteiger charge is 2.38. The van der Waals surface area contributed by atoms with Crippen molar-refractivity contribution in [3.8, 4) is 0 Å². The van der Waals surface area contributed by atoms with E-state index in [9.17, 15) is 4.79 Å². The van der Waals surface area contributed by atoms with E-state index in [2.05, 4.69) is 71.6 Å². The van der Waals surface area contributed by atoms with Gasteiger partial charge < -0.3 is 15.5 Å². The zero-order valence-corrected chi connectivity index (χ0v) is 18.2. The van der Waals surface area contributed by atoms with Gasteiger partial charge in [0.1, 0.15) is 12.2 Å². The third-order valence-corrected chi connectivity index (χ3v) is 4.81. The monoisotopic (exact) mass is 417 g/mol. The molecular weight excluding hydrogens is 382 g/mol. The maximum atomic E-state index is 11.6. The fraction of sp³-hybridized carbons (Fsp3) is 0.600. The number of nitrogens with one attached hydrogen (secondary N) is 1. The summed E-state index contributed by atoms with van der Waals surface area (Å²) in [7, 11) is 0. The van der Waals surface area contributed by atoms with Crippen molar-refractivity contribution in [3.05, 3.63) is 24.8 Å². The summed E-state index contributed by atoms with van der Waals surface area (Å²) in [5.74, 6) is 1.16. The number of nitrogens with two attached hydrogens (primary N) is 1. The first-order valence-electron chi connectivity index (χ1n) is 9.60. The van der Waals surface area contributed by atoms with Gasteiger partial charge in [-0.3, -0.25) is 15.1 Å². The molecule has 10 heteroatoms. The average molecular weight is 418 g/mol. The Kier molecular flexibility index (Phi) is 6.20. The molecule has 4 rings (SSSR count). The zero-order valence-electron chi connectivity index (χ0n) is 18.2. The molecule has 2 amide bonds. The number of nitrogens with zero attached hydrogens (tertiary/aromatic N) is 7. The smallest absolute Gasteiger partial charge is 0.330 e. The molecule has 4 heterocycles. The van der Waals surface area contributed by atoms with Crippen LogP contribution < -0.4 is 11.1 Å². The molecule has 0 saturated heterocycles. The third-order valence-electron chi connectivity index (χ3n) is 4.81. The molecule has 0 aromatic heterocycles. The summed E-state index contributed by atoms with van der Waals surface area (Å²) >= 11 is 0. The van der Waals surface area contributed by atoms with Gasteiger partial charge in [0.05, 0.1) is 0 Å². The standard InChI is InChI=1S/C10H16N4O.C9H15N5.CH4/c1-7-11-8-13(9(15)12-7)5-6-14(8)10(2,3)4;1-9(2,3)14-5-4-13-7(10)11-6-12-8(13)14;/h5-6,8H,1-4H3,(H,11,12,15);4-6,8H,1-3H3,(H2,10,11,12);1H4. The van der Waals surface area contributed by atoms with E-state index < -0.39 is 0 Å². The summed E-state index contributed by atoms with van der Waals surface area (Å²) in [5, 5.41) is 2.68. The molecule has 0 aliphatic carbocycles. The minimum absolute atomic E-state index is 0. The molecule has 0 saturated carbocycles. The van der Waals surface area contributed by atoms with Crippen molar-refractivity contribution in [2.24, 2.45) is 20.7 Å². The Labute approximate surface area is 179 Å². The Bertz CT molecular complexity index is 813. The minimum atomic E-state index is -0.223. The highest BCUT2D eigenvalue weighted by molar-refractivity contribution is 5.98. The molecule has 2 unspecified atom stereocenters. The number of carbonyl (C=O) groups is 1. The molecule has 166 valence electrons. The van der Waals surface area contributed by atoms with Crippen LogP contribution in [0.1, 0.15) is 55.9 Å². The highest BCUT2D eigenvalue weighted by Crippen LogP contribution is 2.28. The maximum Gasteiger partial charge on any atom is 0.330 e. The predicted molar refractivity (Wildman–Crippen MR) is 121 cm³/mol. The van der Waals surface area contributed by atoms with E-state index in [1.165, 1.54) is 6.34 Å². The Morgan fingerprint density at radius 3 is 2.03 bits per heavy atom. The largest absolute Gasteiger partial charge is 0.369 e. The SMILES string of the molecule is C.CC(C)(C)N1C=CN2C(N)=NC=NC21.CC1=NC2N(C=CN2C(C)(C)C)C(=O)N1. The van der Waals surface area contributed by atoms with Gasteiger partial charge in [0.25, 0.3) is 0 Å². The van der Waals surface area contributed by atoms with Gasteiger partial charge in [0.2, 0.25) is 18.5 Å². The number of amidine groups is 1. The van der Waals surface area contributed by atoms with Crippen LogP contribution in [0.4, 0.5) is 4.79 Å². The van der Waals surface area contributed by atoms with E-state index in [0.29, 0.717) is 11.8 Å². The number of carbonyl (C=O) groups excluding carboxylic acids is 1. The van der Waals surface area contributed by atoms with Crippen LogP contribution in [0.15, 0.2) is 39.8 Å². The van der Waals surface area contributed by atoms with Gasteiger partial charge in [0.15, 0.2) is 0 Å². The molecule has 2 atom stereocenters. The van der Waals surface area contributed by atoms with E-state index >= 15 is 0 Å². The number of rotatable bonds is 0. The molecule has 10 nitrogen and oxygen atoms in total. The van der Waals surface area contributed by atoms with Crippen molar-refractivity contribution in [3.63, 3.8) is 0 Å². The van der Waals surface area contributed by atoms with Crippen molar-refractivity contribution < 1.29 is 4.79 Å². The quantitative estimate of drug-likeness (QED) is 0.630. The van der Waals surface area contributed by atoms with Crippen LogP contribution in [-0.4, -0.2) is 67.4 Å². The average Bonchev–Trinajstić information content (AvgIpc) is 3.19. The number of hydrogen-bond donors (Lipinski definition) is 2. The second-order valence-electron chi connectivity index (χ2n) is 9.16. The van der Waals surface area contributed by atoms with Gasteiger partial charge in [-0.2, -0.15) is 0 Å². The lowest BCUT2D eigenvalue weighted by Gasteiger charge is -2.39. The minimum Gasteiger partial charge on any atom is -0.369 e. The van der Waals surface area contributed by atoms with Gasteiger partial charge in [-0.05, 0) is 48.5 Å². The highest BCUT2D eigenvalue weighted by atomic mass is 16.2. The Balaban J connectivity index is 0.000000207. The van der Waals surface area contributed by atoms with Crippen LogP contribution in [0.3, 0.4) is 0 Å². The molecule has 0 fully saturated rings. The molecule has 0 aromatic carbocycles. The Morgan fingerprint density at radius 1 is 0.933 bits per heavy atom. The second-order valence-corrected chi connectivity index (χ2v) is 9.16. The van der Waals surface area contributed by atoms with Crippen LogP contribution in [0.5, 0.6) is 0 Å². The van der Waals surface area contributed by atoms with Gasteiger partial charge >= 0.3 is 6.03 Å². The number of amides is 2. The Morgan fingerprint density at radius 2 is 1.47 bits per heavy atom. The zero-order chi connectivity index (χ0) is 21.6. The fourth-order valence-electron chi connectivity index (χ4n) is 3.28. The van der Waals surface area contributed by atoms with E-state index in [0.717, 1.165) is 0 Å². The first-order chi connectivity index (χ1) is 13.4. The van der Waals surface area contributed by atoms with Crippen molar-refractivity contribution in [1.82, 2.24) is 24.9 Å². The fourth-order valence-corrected chi connectivity index (χ4v) is 3.28. The lowest BCUT2D eigenvalue weighted by atomic mass is 10.1. The molecule has 30 heavy (non-hydrogen) atoms. The Hall–Kier alpha value is -3.04. The van der Waals surface area contributed by atoms with E-state index in [-0.39, 0.29) is 37.1 Å². The predicted octanol–water partition coefficient (Wildman–Crippen LogP) is 2.45. The lowest BCUT2D eigenvalue weighted by molar-refractivity contribution is 0.0935. The van der Waals surface area contributed by atoms with E-state index in [1.54, 1.807) is 18.0 Å². The van der Waals surface area contributed by atoms with Gasteiger partial charge in [-0.15, -0.1) is 0 Å². The normalized spacial score (nSPS) is 24.4. The van der Waals surface area contributed by atoms with Crippen molar-refractivity contribution in [2.45, 2.75) is 79.6 Å². The molecule has 3 N–H and O–H groups in total. The van der Waals surface area contributed by atoms with Crippen molar-refractivity contribution in [2.75, 3.05) is 0 Å². The summed E-state index contributed by atoms with van der Waals surface area (Å²) in [4.78, 5) is 31.9. The van der Waals surface area contributed by atoms with Gasteiger partial charge in [-0.1, -0.05) is 7.43 Å². The number of aliphatic imine (C=N–C) groups is 3. The van der Waals surface area contributed by atoms with Crippen LogP contribution in [0.2, 0.25) is 0 Å². The number of hydrogen-bond acceptors (Lipinski definition) is 8. The molecule has 0 aromatic rings. The van der Waals surface area contributed by atoms with Gasteiger partial charge in [-0.25, -0.2) is 19.8 Å². The number of urea groups is 1. The summed E-state index contributed by atoms with van der Waals surface area (Å²) in [5.41, 5.74) is 5.72. The molecule has 4 aliphatic rings.